The van der Waals surface area contributed by atoms with Crippen molar-refractivity contribution >= 4 is 41.7 Å². The van der Waals surface area contributed by atoms with E-state index in [4.69, 9.17) is 15.0 Å². The minimum absolute atomic E-state index is 0.0281. The standard InChI is InChI=1S/C18H24BNO5S/c1-11(21)26-10-13(19-24-17(2,3)18(4,5)25-19)9-12-7-6-8-14(15(12)20)16(22)23/h6-9H,10,20H2,1-5H3,(H,22,23). The summed E-state index contributed by atoms with van der Waals surface area (Å²) in [5.74, 6) is -0.726. The van der Waals surface area contributed by atoms with E-state index in [9.17, 15) is 14.7 Å². The summed E-state index contributed by atoms with van der Waals surface area (Å²) >= 11 is 1.14. The van der Waals surface area contributed by atoms with Crippen LogP contribution in [0.15, 0.2) is 23.7 Å². The third-order valence-electron chi connectivity index (χ3n) is 4.71. The van der Waals surface area contributed by atoms with Gasteiger partial charge in [-0.05, 0) is 44.8 Å². The molecule has 1 aliphatic rings. The van der Waals surface area contributed by atoms with E-state index in [1.807, 2.05) is 27.7 Å². The number of para-hydroxylation sites is 1. The first kappa shape index (κ1) is 20.5. The van der Waals surface area contributed by atoms with Gasteiger partial charge >= 0.3 is 13.1 Å². The Bertz CT molecular complexity index is 744. The highest BCUT2D eigenvalue weighted by Crippen LogP contribution is 2.39. The normalized spacial score (nSPS) is 18.8. The Morgan fingerprint density at radius 1 is 1.23 bits per heavy atom. The molecule has 1 heterocycles. The van der Waals surface area contributed by atoms with Gasteiger partial charge in [0.15, 0.2) is 5.12 Å². The number of thioether (sulfide) groups is 1. The van der Waals surface area contributed by atoms with E-state index < -0.39 is 24.3 Å². The molecule has 0 unspecified atom stereocenters. The molecule has 0 bridgehead atoms. The molecule has 1 aromatic rings. The zero-order valence-corrected chi connectivity index (χ0v) is 16.5. The molecule has 1 saturated heterocycles. The van der Waals surface area contributed by atoms with E-state index in [0.29, 0.717) is 11.3 Å². The van der Waals surface area contributed by atoms with Crippen LogP contribution in [-0.2, 0) is 14.1 Å². The molecule has 0 saturated carbocycles. The Morgan fingerprint density at radius 2 is 1.81 bits per heavy atom. The van der Waals surface area contributed by atoms with Crippen LogP contribution < -0.4 is 5.73 Å². The number of carboxylic acids is 1. The number of carboxylic acid groups (broad SMARTS) is 1. The SMILES string of the molecule is CC(=O)SCC(=Cc1cccc(C(=O)O)c1N)B1OC(C)(C)C(C)(C)O1. The van der Waals surface area contributed by atoms with Gasteiger partial charge < -0.3 is 20.1 Å². The second-order valence-corrected chi connectivity index (χ2v) is 8.35. The van der Waals surface area contributed by atoms with Crippen molar-refractivity contribution in [2.24, 2.45) is 0 Å². The van der Waals surface area contributed by atoms with Gasteiger partial charge in [-0.1, -0.05) is 30.0 Å². The van der Waals surface area contributed by atoms with Crippen molar-refractivity contribution < 1.29 is 24.0 Å². The molecule has 1 aromatic carbocycles. The Morgan fingerprint density at radius 3 is 2.31 bits per heavy atom. The number of benzene rings is 1. The molecule has 0 aromatic heterocycles. The van der Waals surface area contributed by atoms with Crippen molar-refractivity contribution in [1.29, 1.82) is 0 Å². The number of anilines is 1. The van der Waals surface area contributed by atoms with Gasteiger partial charge in [-0.3, -0.25) is 4.79 Å². The summed E-state index contributed by atoms with van der Waals surface area (Å²) in [6.07, 6.45) is 1.75. The molecule has 2 rings (SSSR count). The van der Waals surface area contributed by atoms with Crippen LogP contribution in [0.2, 0.25) is 0 Å². The molecule has 26 heavy (non-hydrogen) atoms. The quantitative estimate of drug-likeness (QED) is 0.600. The van der Waals surface area contributed by atoms with Crippen LogP contribution in [0, 0.1) is 0 Å². The molecule has 1 fully saturated rings. The molecule has 6 nitrogen and oxygen atoms in total. The van der Waals surface area contributed by atoms with Gasteiger partial charge in [-0.25, -0.2) is 4.79 Å². The maximum absolute atomic E-state index is 11.4. The van der Waals surface area contributed by atoms with Crippen molar-refractivity contribution in [2.45, 2.75) is 45.8 Å². The first-order valence-corrected chi connectivity index (χ1v) is 9.24. The molecule has 0 spiro atoms. The Hall–Kier alpha value is -1.77. The summed E-state index contributed by atoms with van der Waals surface area (Å²) in [5.41, 5.74) is 6.45. The van der Waals surface area contributed by atoms with E-state index in [0.717, 1.165) is 17.2 Å². The number of hydrogen-bond acceptors (Lipinski definition) is 6. The van der Waals surface area contributed by atoms with Gasteiger partial charge in [0.1, 0.15) is 0 Å². The number of nitrogen functional groups attached to an aromatic ring is 1. The number of aromatic carboxylic acids is 1. The van der Waals surface area contributed by atoms with Crippen LogP contribution in [-0.4, -0.2) is 40.3 Å². The van der Waals surface area contributed by atoms with E-state index in [1.54, 1.807) is 18.2 Å². The van der Waals surface area contributed by atoms with Crippen molar-refractivity contribution in [3.63, 3.8) is 0 Å². The van der Waals surface area contributed by atoms with Gasteiger partial charge in [0.2, 0.25) is 0 Å². The lowest BCUT2D eigenvalue weighted by Gasteiger charge is -2.32. The minimum atomic E-state index is -1.09. The van der Waals surface area contributed by atoms with Crippen molar-refractivity contribution in [3.8, 4) is 0 Å². The number of hydrogen-bond donors (Lipinski definition) is 2. The predicted molar refractivity (Wildman–Crippen MR) is 105 cm³/mol. The van der Waals surface area contributed by atoms with Gasteiger partial charge in [0, 0.05) is 12.7 Å². The molecule has 0 radical (unpaired) electrons. The second-order valence-electron chi connectivity index (χ2n) is 7.20. The number of carbonyl (C=O) groups is 2. The van der Waals surface area contributed by atoms with Crippen LogP contribution in [0.5, 0.6) is 0 Å². The summed E-state index contributed by atoms with van der Waals surface area (Å²) in [7, 11) is -0.639. The first-order chi connectivity index (χ1) is 11.9. The van der Waals surface area contributed by atoms with Crippen molar-refractivity contribution in [3.05, 3.63) is 34.8 Å². The van der Waals surface area contributed by atoms with Gasteiger partial charge in [-0.2, -0.15) is 0 Å². The van der Waals surface area contributed by atoms with Crippen LogP contribution in [0.3, 0.4) is 0 Å². The molecular formula is C18H24BNO5S. The highest BCUT2D eigenvalue weighted by atomic mass is 32.2. The monoisotopic (exact) mass is 377 g/mol. The highest BCUT2D eigenvalue weighted by Gasteiger charge is 2.52. The molecule has 0 amide bonds. The smallest absolute Gasteiger partial charge is 0.478 e. The van der Waals surface area contributed by atoms with E-state index in [1.165, 1.54) is 13.0 Å². The van der Waals surface area contributed by atoms with Crippen LogP contribution in [0.25, 0.3) is 6.08 Å². The highest BCUT2D eigenvalue weighted by molar-refractivity contribution is 8.13. The van der Waals surface area contributed by atoms with Crippen LogP contribution in [0.1, 0.15) is 50.5 Å². The fourth-order valence-electron chi connectivity index (χ4n) is 2.45. The molecule has 140 valence electrons. The first-order valence-electron chi connectivity index (χ1n) is 8.26. The topological polar surface area (TPSA) is 98.9 Å². The molecule has 3 N–H and O–H groups in total. The molecular weight excluding hydrogens is 353 g/mol. The van der Waals surface area contributed by atoms with Gasteiger partial charge in [0.25, 0.3) is 0 Å². The van der Waals surface area contributed by atoms with Crippen molar-refractivity contribution in [2.75, 3.05) is 11.5 Å². The Kier molecular flexibility index (Phi) is 5.90. The lowest BCUT2D eigenvalue weighted by Crippen LogP contribution is -2.41. The lowest BCUT2D eigenvalue weighted by molar-refractivity contribution is -0.109. The maximum atomic E-state index is 11.4. The third-order valence-corrected chi connectivity index (χ3v) is 5.59. The fourth-order valence-corrected chi connectivity index (χ4v) is 3.04. The summed E-state index contributed by atoms with van der Waals surface area (Å²) in [6.45, 7) is 9.28. The Balaban J connectivity index is 2.43. The zero-order chi connectivity index (χ0) is 19.7. The lowest BCUT2D eigenvalue weighted by atomic mass is 9.78. The molecule has 1 aliphatic heterocycles. The summed E-state index contributed by atoms with van der Waals surface area (Å²) in [6, 6.07) is 4.81. The molecule has 0 atom stereocenters. The van der Waals surface area contributed by atoms with E-state index >= 15 is 0 Å². The van der Waals surface area contributed by atoms with E-state index in [2.05, 4.69) is 0 Å². The summed E-state index contributed by atoms with van der Waals surface area (Å²) in [5, 5.41) is 9.22. The largest absolute Gasteiger partial charge is 0.491 e. The molecule has 8 heteroatoms. The minimum Gasteiger partial charge on any atom is -0.478 e. The van der Waals surface area contributed by atoms with E-state index in [-0.39, 0.29) is 16.4 Å². The van der Waals surface area contributed by atoms with Gasteiger partial charge in [-0.15, -0.1) is 0 Å². The molecule has 0 aliphatic carbocycles. The van der Waals surface area contributed by atoms with Gasteiger partial charge in [0.05, 0.1) is 22.5 Å². The van der Waals surface area contributed by atoms with Crippen LogP contribution >= 0.6 is 11.8 Å². The zero-order valence-electron chi connectivity index (χ0n) is 15.7. The summed E-state index contributed by atoms with van der Waals surface area (Å²) in [4.78, 5) is 22.7. The fraction of sp³-hybridized carbons (Fsp3) is 0.444. The number of carbonyl (C=O) groups excluding carboxylic acids is 1. The Labute approximate surface area is 158 Å². The third kappa shape index (κ3) is 4.31. The summed E-state index contributed by atoms with van der Waals surface area (Å²) < 4.78 is 12.2. The number of rotatable bonds is 5. The van der Waals surface area contributed by atoms with Crippen molar-refractivity contribution in [1.82, 2.24) is 0 Å². The average Bonchev–Trinajstić information content (AvgIpc) is 2.72. The second kappa shape index (κ2) is 7.46. The average molecular weight is 377 g/mol. The van der Waals surface area contributed by atoms with Crippen LogP contribution in [0.4, 0.5) is 5.69 Å². The number of nitrogens with two attached hydrogens (primary N) is 1. The predicted octanol–water partition coefficient (Wildman–Crippen LogP) is 3.26. The maximum Gasteiger partial charge on any atom is 0.491 e.